The van der Waals surface area contributed by atoms with E-state index < -0.39 is 0 Å². The van der Waals surface area contributed by atoms with Crippen molar-refractivity contribution < 1.29 is 0 Å². The minimum atomic E-state index is 0.789. The van der Waals surface area contributed by atoms with E-state index in [0.29, 0.717) is 0 Å². The highest BCUT2D eigenvalue weighted by atomic mass is 15.1. The van der Waals surface area contributed by atoms with Crippen molar-refractivity contribution in [3.05, 3.63) is 23.8 Å². The normalized spacial score (nSPS) is 15.8. The van der Waals surface area contributed by atoms with Gasteiger partial charge in [0.2, 0.25) is 0 Å². The summed E-state index contributed by atoms with van der Waals surface area (Å²) in [6.07, 6.45) is 4.11. The quantitative estimate of drug-likeness (QED) is 0.769. The highest BCUT2D eigenvalue weighted by Gasteiger charge is 2.23. The summed E-state index contributed by atoms with van der Waals surface area (Å²) in [5, 5.41) is 0. The summed E-state index contributed by atoms with van der Waals surface area (Å²) < 4.78 is 0. The zero-order valence-corrected chi connectivity index (χ0v) is 10.8. The fourth-order valence-electron chi connectivity index (χ4n) is 2.27. The average molecular weight is 218 g/mol. The number of nitrogens with zero attached hydrogens (tertiary/aromatic N) is 2. The maximum absolute atomic E-state index is 2.36. The van der Waals surface area contributed by atoms with E-state index in [1.165, 1.54) is 36.2 Å². The maximum atomic E-state index is 2.36. The number of benzene rings is 1. The summed E-state index contributed by atoms with van der Waals surface area (Å²) >= 11 is 0. The predicted octanol–water partition coefficient (Wildman–Crippen LogP) is 3.09. The lowest BCUT2D eigenvalue weighted by molar-refractivity contribution is 0.420. The van der Waals surface area contributed by atoms with E-state index in [-0.39, 0.29) is 0 Å². The van der Waals surface area contributed by atoms with E-state index in [1.54, 1.807) is 0 Å². The first-order valence-corrected chi connectivity index (χ1v) is 6.08. The van der Waals surface area contributed by atoms with Crippen LogP contribution in [0.5, 0.6) is 0 Å². The van der Waals surface area contributed by atoms with E-state index in [9.17, 15) is 0 Å². The van der Waals surface area contributed by atoms with E-state index in [1.807, 2.05) is 0 Å². The van der Waals surface area contributed by atoms with E-state index >= 15 is 0 Å². The molecule has 0 N–H and O–H groups in total. The molecule has 2 nitrogen and oxygen atoms in total. The zero-order valence-electron chi connectivity index (χ0n) is 10.8. The molecule has 1 fully saturated rings. The van der Waals surface area contributed by atoms with Crippen LogP contribution in [0.25, 0.3) is 0 Å². The average Bonchev–Trinajstić information content (AvgIpc) is 2.14. The molecule has 1 aromatic rings. The molecule has 16 heavy (non-hydrogen) atoms. The summed E-state index contributed by atoms with van der Waals surface area (Å²) in [5.74, 6) is 0.789. The standard InChI is InChI=1S/C14H22N2/c1-15(2)12-8-9-14(16(3)4)13(10-12)11-6-5-7-11/h8-11H,5-7H2,1-4H3. The minimum Gasteiger partial charge on any atom is -0.378 e. The summed E-state index contributed by atoms with van der Waals surface area (Å²) in [6.45, 7) is 0. The van der Waals surface area contributed by atoms with Crippen LogP contribution in [0.3, 0.4) is 0 Å². The first-order valence-electron chi connectivity index (χ1n) is 6.08. The van der Waals surface area contributed by atoms with Crippen molar-refractivity contribution in [1.82, 2.24) is 0 Å². The Labute approximate surface area is 98.9 Å². The van der Waals surface area contributed by atoms with Crippen molar-refractivity contribution in [1.29, 1.82) is 0 Å². The van der Waals surface area contributed by atoms with Crippen LogP contribution in [0.15, 0.2) is 18.2 Å². The Hall–Kier alpha value is -1.18. The second-order valence-corrected chi connectivity index (χ2v) is 5.16. The van der Waals surface area contributed by atoms with Gasteiger partial charge in [-0.25, -0.2) is 0 Å². The lowest BCUT2D eigenvalue weighted by atomic mass is 9.79. The third-order valence-electron chi connectivity index (χ3n) is 3.55. The van der Waals surface area contributed by atoms with Gasteiger partial charge in [-0.1, -0.05) is 6.42 Å². The van der Waals surface area contributed by atoms with Gasteiger partial charge in [-0.2, -0.15) is 0 Å². The summed E-state index contributed by atoms with van der Waals surface area (Å²) in [4.78, 5) is 4.41. The van der Waals surface area contributed by atoms with Crippen LogP contribution >= 0.6 is 0 Å². The van der Waals surface area contributed by atoms with Gasteiger partial charge in [0.1, 0.15) is 0 Å². The first-order chi connectivity index (χ1) is 7.59. The molecular weight excluding hydrogens is 196 g/mol. The van der Waals surface area contributed by atoms with Crippen LogP contribution in [0.1, 0.15) is 30.7 Å². The van der Waals surface area contributed by atoms with Crippen LogP contribution < -0.4 is 9.80 Å². The molecule has 1 saturated carbocycles. The fourth-order valence-corrected chi connectivity index (χ4v) is 2.27. The Bertz CT molecular complexity index is 365. The van der Waals surface area contributed by atoms with Crippen molar-refractivity contribution in [3.8, 4) is 0 Å². The third kappa shape index (κ3) is 2.01. The molecule has 0 saturated heterocycles. The van der Waals surface area contributed by atoms with E-state index in [0.717, 1.165) is 5.92 Å². The topological polar surface area (TPSA) is 6.48 Å². The van der Waals surface area contributed by atoms with Crippen molar-refractivity contribution in [2.24, 2.45) is 0 Å². The number of rotatable bonds is 3. The molecule has 0 amide bonds. The van der Waals surface area contributed by atoms with Gasteiger partial charge in [0, 0.05) is 39.6 Å². The molecule has 0 atom stereocenters. The molecule has 0 radical (unpaired) electrons. The maximum Gasteiger partial charge on any atom is 0.0397 e. The van der Waals surface area contributed by atoms with Crippen LogP contribution in [-0.4, -0.2) is 28.2 Å². The molecule has 0 unspecified atom stereocenters. The van der Waals surface area contributed by atoms with Gasteiger partial charge in [-0.05, 0) is 42.5 Å². The Morgan fingerprint density at radius 3 is 2.12 bits per heavy atom. The fraction of sp³-hybridized carbons (Fsp3) is 0.571. The van der Waals surface area contributed by atoms with Crippen molar-refractivity contribution in [2.75, 3.05) is 38.0 Å². The highest BCUT2D eigenvalue weighted by Crippen LogP contribution is 2.41. The molecule has 0 bridgehead atoms. The van der Waals surface area contributed by atoms with Gasteiger partial charge in [0.15, 0.2) is 0 Å². The van der Waals surface area contributed by atoms with Crippen LogP contribution in [0, 0.1) is 0 Å². The van der Waals surface area contributed by atoms with E-state index in [4.69, 9.17) is 0 Å². The lowest BCUT2D eigenvalue weighted by Crippen LogP contribution is -2.18. The summed E-state index contributed by atoms with van der Waals surface area (Å²) in [7, 11) is 8.48. The number of hydrogen-bond acceptors (Lipinski definition) is 2. The Kier molecular flexibility index (Phi) is 3.08. The van der Waals surface area contributed by atoms with Gasteiger partial charge < -0.3 is 9.80 Å². The predicted molar refractivity (Wildman–Crippen MR) is 71.7 cm³/mol. The molecule has 0 spiro atoms. The van der Waals surface area contributed by atoms with Gasteiger partial charge in [0.25, 0.3) is 0 Å². The number of anilines is 2. The molecule has 0 heterocycles. The second-order valence-electron chi connectivity index (χ2n) is 5.16. The Balaban J connectivity index is 2.38. The smallest absolute Gasteiger partial charge is 0.0397 e. The molecule has 0 aliphatic heterocycles. The monoisotopic (exact) mass is 218 g/mol. The second kappa shape index (κ2) is 4.36. The molecule has 88 valence electrons. The SMILES string of the molecule is CN(C)c1ccc(N(C)C)c(C2CCC2)c1. The van der Waals surface area contributed by atoms with Crippen LogP contribution in [-0.2, 0) is 0 Å². The van der Waals surface area contributed by atoms with Crippen molar-refractivity contribution in [2.45, 2.75) is 25.2 Å². The Morgan fingerprint density at radius 1 is 1.00 bits per heavy atom. The summed E-state index contributed by atoms with van der Waals surface area (Å²) in [5.41, 5.74) is 4.23. The minimum absolute atomic E-state index is 0.789. The molecule has 1 aromatic carbocycles. The number of hydrogen-bond donors (Lipinski definition) is 0. The van der Waals surface area contributed by atoms with Crippen molar-refractivity contribution >= 4 is 11.4 Å². The van der Waals surface area contributed by atoms with Gasteiger partial charge >= 0.3 is 0 Å². The molecule has 2 rings (SSSR count). The largest absolute Gasteiger partial charge is 0.378 e. The molecule has 0 aromatic heterocycles. The van der Waals surface area contributed by atoms with E-state index in [2.05, 4.69) is 56.2 Å². The molecule has 1 aliphatic carbocycles. The van der Waals surface area contributed by atoms with Crippen LogP contribution in [0.2, 0.25) is 0 Å². The summed E-state index contributed by atoms with van der Waals surface area (Å²) in [6, 6.07) is 6.82. The van der Waals surface area contributed by atoms with Gasteiger partial charge in [-0.15, -0.1) is 0 Å². The Morgan fingerprint density at radius 2 is 1.69 bits per heavy atom. The van der Waals surface area contributed by atoms with Crippen LogP contribution in [0.4, 0.5) is 11.4 Å². The van der Waals surface area contributed by atoms with Crippen molar-refractivity contribution in [3.63, 3.8) is 0 Å². The molecular formula is C14H22N2. The molecule has 2 heteroatoms. The third-order valence-corrected chi connectivity index (χ3v) is 3.55. The molecule has 1 aliphatic rings. The zero-order chi connectivity index (χ0) is 11.7. The lowest BCUT2D eigenvalue weighted by Gasteiger charge is -2.31. The van der Waals surface area contributed by atoms with Gasteiger partial charge in [0.05, 0.1) is 0 Å². The van der Waals surface area contributed by atoms with Gasteiger partial charge in [-0.3, -0.25) is 0 Å². The highest BCUT2D eigenvalue weighted by molar-refractivity contribution is 5.62. The first kappa shape index (κ1) is 11.3.